The Hall–Kier alpha value is -2.99. The van der Waals surface area contributed by atoms with Crippen LogP contribution in [0.5, 0.6) is 5.75 Å². The number of H-pyrrole nitrogens is 1. The summed E-state index contributed by atoms with van der Waals surface area (Å²) in [5.41, 5.74) is 3.86. The van der Waals surface area contributed by atoms with Gasteiger partial charge in [0, 0.05) is 23.6 Å². The van der Waals surface area contributed by atoms with E-state index >= 15 is 0 Å². The lowest BCUT2D eigenvalue weighted by Gasteiger charge is -2.10. The number of nitrogens with zero attached hydrogens (tertiary/aromatic N) is 1. The van der Waals surface area contributed by atoms with Gasteiger partial charge in [0.2, 0.25) is 0 Å². The molecule has 1 heterocycles. The summed E-state index contributed by atoms with van der Waals surface area (Å²) in [4.78, 5) is 15.8. The maximum Gasteiger partial charge on any atom is 0.261 e. The molecule has 4 rings (SSSR count). The largest absolute Gasteiger partial charge is 0.488 e. The molecule has 3 aromatic carbocycles. The Kier molecular flexibility index (Phi) is 8.34. The van der Waals surface area contributed by atoms with Crippen molar-refractivity contribution in [1.29, 1.82) is 5.26 Å². The molecule has 0 atom stereocenters. The number of ether oxygens (including phenoxy) is 1. The molecule has 2 N–H and O–H groups in total. The lowest BCUT2D eigenvalue weighted by atomic mass is 10.1. The first-order chi connectivity index (χ1) is 16.9. The van der Waals surface area contributed by atoms with E-state index in [0.29, 0.717) is 35.4 Å². The summed E-state index contributed by atoms with van der Waals surface area (Å²) < 4.78 is 6.75. The number of nitriles is 1. The predicted molar refractivity (Wildman–Crippen MR) is 149 cm³/mol. The van der Waals surface area contributed by atoms with Crippen molar-refractivity contribution in [3.63, 3.8) is 0 Å². The number of hydrogen-bond acceptors (Lipinski definition) is 3. The van der Waals surface area contributed by atoms with E-state index in [-0.39, 0.29) is 5.57 Å². The third-order valence-electron chi connectivity index (χ3n) is 5.37. The Morgan fingerprint density at radius 3 is 2.71 bits per heavy atom. The van der Waals surface area contributed by atoms with Gasteiger partial charge in [0.25, 0.3) is 5.91 Å². The van der Waals surface area contributed by atoms with Crippen LogP contribution in [0.1, 0.15) is 16.7 Å². The minimum Gasteiger partial charge on any atom is -0.488 e. The summed E-state index contributed by atoms with van der Waals surface area (Å²) >= 11 is 14.2. The van der Waals surface area contributed by atoms with Crippen LogP contribution in [0.2, 0.25) is 10.0 Å². The average Bonchev–Trinajstić information content (AvgIpc) is 3.27. The summed E-state index contributed by atoms with van der Waals surface area (Å²) in [7, 11) is 0. The molecule has 35 heavy (non-hydrogen) atoms. The minimum atomic E-state index is -0.401. The van der Waals surface area contributed by atoms with Gasteiger partial charge in [-0.3, -0.25) is 4.79 Å². The zero-order valence-electron chi connectivity index (χ0n) is 18.4. The summed E-state index contributed by atoms with van der Waals surface area (Å²) in [5.74, 6) is 0.290. The smallest absolute Gasteiger partial charge is 0.261 e. The predicted octanol–water partition coefficient (Wildman–Crippen LogP) is 6.92. The van der Waals surface area contributed by atoms with Gasteiger partial charge in [-0.1, -0.05) is 53.5 Å². The molecule has 176 valence electrons. The van der Waals surface area contributed by atoms with E-state index in [4.69, 9.17) is 27.9 Å². The Bertz CT molecular complexity index is 1460. The number of carbonyl (C=O) groups excluding carboxylic acids is 1. The number of carbonyl (C=O) groups is 1. The molecular formula is C27H20Cl2IN3O2. The molecule has 0 aliphatic carbocycles. The lowest BCUT2D eigenvalue weighted by molar-refractivity contribution is -0.117. The van der Waals surface area contributed by atoms with Crippen LogP contribution >= 0.6 is 45.8 Å². The highest BCUT2D eigenvalue weighted by molar-refractivity contribution is 14.1. The van der Waals surface area contributed by atoms with Crippen LogP contribution in [-0.4, -0.2) is 17.4 Å². The number of halogens is 3. The van der Waals surface area contributed by atoms with Crippen LogP contribution in [0.15, 0.2) is 72.4 Å². The molecule has 0 aliphatic heterocycles. The van der Waals surface area contributed by atoms with Gasteiger partial charge in [0.1, 0.15) is 24.0 Å². The maximum absolute atomic E-state index is 12.6. The zero-order valence-corrected chi connectivity index (χ0v) is 22.1. The maximum atomic E-state index is 12.6. The molecular weight excluding hydrogens is 596 g/mol. The summed E-state index contributed by atoms with van der Waals surface area (Å²) in [5, 5.41) is 14.5. The monoisotopic (exact) mass is 615 g/mol. The van der Waals surface area contributed by atoms with E-state index in [0.717, 1.165) is 31.2 Å². The van der Waals surface area contributed by atoms with Gasteiger partial charge >= 0.3 is 0 Å². The van der Waals surface area contributed by atoms with Crippen molar-refractivity contribution >= 4 is 68.7 Å². The first-order valence-electron chi connectivity index (χ1n) is 10.8. The average molecular weight is 616 g/mol. The number of hydrogen-bond donors (Lipinski definition) is 2. The van der Waals surface area contributed by atoms with E-state index in [1.165, 1.54) is 0 Å². The van der Waals surface area contributed by atoms with E-state index in [1.807, 2.05) is 60.8 Å². The van der Waals surface area contributed by atoms with Crippen molar-refractivity contribution in [3.05, 3.63) is 103 Å². The van der Waals surface area contributed by atoms with E-state index in [9.17, 15) is 10.1 Å². The lowest BCUT2D eigenvalue weighted by Crippen LogP contribution is -2.26. The highest BCUT2D eigenvalue weighted by Gasteiger charge is 2.11. The number of para-hydroxylation sites is 1. The van der Waals surface area contributed by atoms with Crippen LogP contribution < -0.4 is 10.1 Å². The fourth-order valence-corrected chi connectivity index (χ4v) is 4.59. The molecule has 0 unspecified atom stereocenters. The molecule has 0 saturated carbocycles. The third-order valence-corrected chi connectivity index (χ3v) is 6.95. The molecule has 0 radical (unpaired) electrons. The second kappa shape index (κ2) is 11.6. The van der Waals surface area contributed by atoms with Gasteiger partial charge in [-0.2, -0.15) is 5.26 Å². The topological polar surface area (TPSA) is 77.9 Å². The number of aromatic nitrogens is 1. The second-order valence-corrected chi connectivity index (χ2v) is 9.74. The second-order valence-electron chi connectivity index (χ2n) is 7.76. The SMILES string of the molecule is N#C/C(=C/c1ccc(OCc2ccc(Cl)c(Cl)c2)c(I)c1)C(=O)NCCc1c[nH]c2ccccc12. The number of benzene rings is 3. The van der Waals surface area contributed by atoms with Crippen molar-refractivity contribution in [2.45, 2.75) is 13.0 Å². The third kappa shape index (κ3) is 6.37. The van der Waals surface area contributed by atoms with Crippen molar-refractivity contribution in [1.82, 2.24) is 10.3 Å². The molecule has 0 fully saturated rings. The van der Waals surface area contributed by atoms with Crippen LogP contribution in [0, 0.1) is 14.9 Å². The summed E-state index contributed by atoms with van der Waals surface area (Å²) in [6, 6.07) is 20.9. The molecule has 5 nitrogen and oxygen atoms in total. The van der Waals surface area contributed by atoms with Gasteiger partial charge in [0.05, 0.1) is 13.6 Å². The Morgan fingerprint density at radius 2 is 1.94 bits per heavy atom. The number of rotatable bonds is 8. The minimum absolute atomic E-state index is 0.0456. The normalized spacial score (nSPS) is 11.3. The molecule has 0 saturated heterocycles. The Labute approximate surface area is 226 Å². The van der Waals surface area contributed by atoms with Crippen LogP contribution in [0.3, 0.4) is 0 Å². The number of fused-ring (bicyclic) bond motifs is 1. The molecule has 0 spiro atoms. The summed E-state index contributed by atoms with van der Waals surface area (Å²) in [6.07, 6.45) is 4.19. The van der Waals surface area contributed by atoms with Crippen LogP contribution in [0.4, 0.5) is 0 Å². The first kappa shape index (κ1) is 25.1. The molecule has 1 aromatic heterocycles. The molecule has 4 aromatic rings. The highest BCUT2D eigenvalue weighted by atomic mass is 127. The zero-order chi connectivity index (χ0) is 24.8. The van der Waals surface area contributed by atoms with E-state index in [2.05, 4.69) is 32.9 Å². The van der Waals surface area contributed by atoms with E-state index in [1.54, 1.807) is 18.2 Å². The van der Waals surface area contributed by atoms with E-state index < -0.39 is 5.91 Å². The van der Waals surface area contributed by atoms with Crippen LogP contribution in [-0.2, 0) is 17.8 Å². The Balaban J connectivity index is 1.36. The number of nitrogens with one attached hydrogen (secondary N) is 2. The van der Waals surface area contributed by atoms with Gasteiger partial charge in [-0.15, -0.1) is 0 Å². The van der Waals surface area contributed by atoms with Gasteiger partial charge in [-0.25, -0.2) is 0 Å². The quantitative estimate of drug-likeness (QED) is 0.128. The first-order valence-corrected chi connectivity index (χ1v) is 12.6. The molecule has 8 heteroatoms. The molecule has 1 amide bonds. The van der Waals surface area contributed by atoms with Crippen molar-refractivity contribution in [2.24, 2.45) is 0 Å². The van der Waals surface area contributed by atoms with Crippen LogP contribution in [0.25, 0.3) is 17.0 Å². The summed E-state index contributed by atoms with van der Waals surface area (Å²) in [6.45, 7) is 0.767. The van der Waals surface area contributed by atoms with Crippen molar-refractivity contribution in [2.75, 3.05) is 6.54 Å². The fourth-order valence-electron chi connectivity index (χ4n) is 3.57. The van der Waals surface area contributed by atoms with Gasteiger partial charge in [-0.05, 0) is 82.1 Å². The van der Waals surface area contributed by atoms with Crippen molar-refractivity contribution < 1.29 is 9.53 Å². The number of aromatic amines is 1. The van der Waals surface area contributed by atoms with Gasteiger partial charge in [0.15, 0.2) is 0 Å². The van der Waals surface area contributed by atoms with Crippen molar-refractivity contribution in [3.8, 4) is 11.8 Å². The highest BCUT2D eigenvalue weighted by Crippen LogP contribution is 2.26. The standard InChI is InChI=1S/C27H20Cl2IN3O2/c28-22-7-5-18(12-23(22)29)16-35-26-8-6-17(13-24(26)30)11-20(14-31)27(34)32-10-9-19-15-33-25-4-2-1-3-21(19)25/h1-8,11-13,15,33H,9-10,16H2,(H,32,34)/b20-11-. The number of amides is 1. The van der Waals surface area contributed by atoms with Gasteiger partial charge < -0.3 is 15.0 Å². The molecule has 0 aliphatic rings. The molecule has 0 bridgehead atoms. The fraction of sp³-hybridized carbons (Fsp3) is 0.111. The Morgan fingerprint density at radius 1 is 1.11 bits per heavy atom.